The lowest BCUT2D eigenvalue weighted by molar-refractivity contribution is -0.117. The number of pyridine rings is 1. The van der Waals surface area contributed by atoms with E-state index < -0.39 is 0 Å². The van der Waals surface area contributed by atoms with Crippen LogP contribution in [-0.2, 0) is 11.3 Å². The molecule has 2 heterocycles. The van der Waals surface area contributed by atoms with Gasteiger partial charge in [-0.3, -0.25) is 9.69 Å². The molecule has 7 heteroatoms. The molecule has 2 N–H and O–H groups in total. The Hall–Kier alpha value is -3.09. The van der Waals surface area contributed by atoms with Gasteiger partial charge in [-0.1, -0.05) is 12.1 Å². The first-order valence-corrected chi connectivity index (χ1v) is 8.10. The number of anilines is 2. The van der Waals surface area contributed by atoms with Crippen molar-refractivity contribution in [2.45, 2.75) is 19.4 Å². The number of aromatic nitrogens is 1. The number of carbonyl (C=O) groups is 2. The summed E-state index contributed by atoms with van der Waals surface area (Å²) in [7, 11) is 1.55. The first-order valence-electron chi connectivity index (χ1n) is 8.10. The molecule has 1 aromatic carbocycles. The zero-order chi connectivity index (χ0) is 17.6. The number of nitrogens with one attached hydrogen (secondary N) is 2. The lowest BCUT2D eigenvalue weighted by Gasteiger charge is -2.15. The Bertz CT molecular complexity index is 778. The van der Waals surface area contributed by atoms with E-state index in [0.717, 1.165) is 12.0 Å². The maximum absolute atomic E-state index is 12.1. The van der Waals surface area contributed by atoms with E-state index in [-0.39, 0.29) is 11.9 Å². The zero-order valence-corrected chi connectivity index (χ0v) is 14.0. The summed E-state index contributed by atoms with van der Waals surface area (Å²) in [5.41, 5.74) is 1.47. The van der Waals surface area contributed by atoms with Crippen LogP contribution in [-0.4, -0.2) is 30.6 Å². The first kappa shape index (κ1) is 16.8. The summed E-state index contributed by atoms with van der Waals surface area (Å²) in [6.07, 6.45) is 3.06. The molecule has 1 aliphatic heterocycles. The molecule has 130 valence electrons. The van der Waals surface area contributed by atoms with Gasteiger partial charge in [-0.05, 0) is 36.2 Å². The van der Waals surface area contributed by atoms with Gasteiger partial charge in [0, 0.05) is 25.7 Å². The molecule has 3 amide bonds. The highest BCUT2D eigenvalue weighted by molar-refractivity contribution is 5.94. The van der Waals surface area contributed by atoms with Crippen LogP contribution in [0.25, 0.3) is 0 Å². The number of rotatable bonds is 5. The molecule has 7 nitrogen and oxygen atoms in total. The van der Waals surface area contributed by atoms with E-state index >= 15 is 0 Å². The van der Waals surface area contributed by atoms with Crippen molar-refractivity contribution in [2.24, 2.45) is 0 Å². The summed E-state index contributed by atoms with van der Waals surface area (Å²) in [5.74, 6) is 1.31. The van der Waals surface area contributed by atoms with Crippen molar-refractivity contribution in [3.63, 3.8) is 0 Å². The average Bonchev–Trinajstić information content (AvgIpc) is 3.07. The number of hydrogen-bond acceptors (Lipinski definition) is 4. The highest BCUT2D eigenvalue weighted by atomic mass is 16.5. The summed E-state index contributed by atoms with van der Waals surface area (Å²) in [4.78, 5) is 29.8. The van der Waals surface area contributed by atoms with Crippen LogP contribution in [0.15, 0.2) is 42.6 Å². The largest absolute Gasteiger partial charge is 0.495 e. The second-order valence-corrected chi connectivity index (χ2v) is 5.68. The van der Waals surface area contributed by atoms with Crippen LogP contribution in [0.5, 0.6) is 5.75 Å². The summed E-state index contributed by atoms with van der Waals surface area (Å²) in [6, 6.07) is 10.5. The van der Waals surface area contributed by atoms with E-state index in [9.17, 15) is 9.59 Å². The molecule has 1 fully saturated rings. The molecule has 0 aliphatic carbocycles. The summed E-state index contributed by atoms with van der Waals surface area (Å²) in [6.45, 7) is 1.02. The molecule has 2 aromatic rings. The number of ether oxygens (including phenoxy) is 1. The molecule has 1 saturated heterocycles. The number of nitrogens with zero attached hydrogens (tertiary/aromatic N) is 2. The number of benzene rings is 1. The van der Waals surface area contributed by atoms with E-state index in [2.05, 4.69) is 15.6 Å². The molecule has 25 heavy (non-hydrogen) atoms. The predicted molar refractivity (Wildman–Crippen MR) is 94.7 cm³/mol. The van der Waals surface area contributed by atoms with Crippen LogP contribution in [0.3, 0.4) is 0 Å². The minimum atomic E-state index is -0.333. The SMILES string of the molecule is COc1ccccc1NC(=O)NCc1ccnc(N2CCCC2=O)c1. The van der Waals surface area contributed by atoms with Crippen LogP contribution in [0.2, 0.25) is 0 Å². The molecule has 0 saturated carbocycles. The predicted octanol–water partition coefficient (Wildman–Crippen LogP) is 2.54. The van der Waals surface area contributed by atoms with E-state index in [0.29, 0.717) is 36.8 Å². The number of methoxy groups -OCH3 is 1. The summed E-state index contributed by atoms with van der Waals surface area (Å²) in [5, 5.41) is 5.54. The molecule has 0 unspecified atom stereocenters. The maximum Gasteiger partial charge on any atom is 0.319 e. The fraction of sp³-hybridized carbons (Fsp3) is 0.278. The van der Waals surface area contributed by atoms with Gasteiger partial charge >= 0.3 is 6.03 Å². The fourth-order valence-corrected chi connectivity index (χ4v) is 2.71. The Kier molecular flexibility index (Phi) is 5.13. The third-order valence-electron chi connectivity index (χ3n) is 3.97. The van der Waals surface area contributed by atoms with E-state index in [1.165, 1.54) is 0 Å². The third-order valence-corrected chi connectivity index (χ3v) is 3.97. The minimum Gasteiger partial charge on any atom is -0.495 e. The normalized spacial score (nSPS) is 13.6. The van der Waals surface area contributed by atoms with Crippen molar-refractivity contribution in [3.8, 4) is 5.75 Å². The summed E-state index contributed by atoms with van der Waals surface area (Å²) >= 11 is 0. The van der Waals surface area contributed by atoms with Gasteiger partial charge in [0.2, 0.25) is 5.91 Å². The minimum absolute atomic E-state index is 0.0894. The molecule has 0 atom stereocenters. The number of para-hydroxylation sites is 2. The Morgan fingerprint density at radius 2 is 2.16 bits per heavy atom. The Morgan fingerprint density at radius 1 is 1.32 bits per heavy atom. The topological polar surface area (TPSA) is 83.6 Å². The smallest absolute Gasteiger partial charge is 0.319 e. The highest BCUT2D eigenvalue weighted by Crippen LogP contribution is 2.23. The lowest BCUT2D eigenvalue weighted by atomic mass is 10.2. The van der Waals surface area contributed by atoms with Crippen LogP contribution in [0.4, 0.5) is 16.3 Å². The fourth-order valence-electron chi connectivity index (χ4n) is 2.71. The average molecular weight is 340 g/mol. The van der Waals surface area contributed by atoms with Crippen LogP contribution in [0.1, 0.15) is 18.4 Å². The van der Waals surface area contributed by atoms with Crippen LogP contribution in [0, 0.1) is 0 Å². The highest BCUT2D eigenvalue weighted by Gasteiger charge is 2.22. The van der Waals surface area contributed by atoms with Crippen molar-refractivity contribution in [2.75, 3.05) is 23.9 Å². The molecular weight excluding hydrogens is 320 g/mol. The molecule has 1 aromatic heterocycles. The molecule has 1 aliphatic rings. The molecular formula is C18H20N4O3. The van der Waals surface area contributed by atoms with E-state index in [1.807, 2.05) is 24.3 Å². The third kappa shape index (κ3) is 4.06. The molecule has 0 bridgehead atoms. The first-order chi connectivity index (χ1) is 12.2. The second kappa shape index (κ2) is 7.65. The number of amides is 3. The van der Waals surface area contributed by atoms with E-state index in [4.69, 9.17) is 4.74 Å². The monoisotopic (exact) mass is 340 g/mol. The number of hydrogen-bond donors (Lipinski definition) is 2. The Labute approximate surface area is 146 Å². The van der Waals surface area contributed by atoms with Gasteiger partial charge in [-0.15, -0.1) is 0 Å². The van der Waals surface area contributed by atoms with Crippen LogP contribution >= 0.6 is 0 Å². The van der Waals surface area contributed by atoms with Crippen molar-refractivity contribution < 1.29 is 14.3 Å². The summed E-state index contributed by atoms with van der Waals surface area (Å²) < 4.78 is 5.20. The number of carbonyl (C=O) groups excluding carboxylic acids is 2. The lowest BCUT2D eigenvalue weighted by Crippen LogP contribution is -2.29. The van der Waals surface area contributed by atoms with Crippen molar-refractivity contribution in [3.05, 3.63) is 48.2 Å². The quantitative estimate of drug-likeness (QED) is 0.876. The van der Waals surface area contributed by atoms with Crippen molar-refractivity contribution in [1.29, 1.82) is 0 Å². The van der Waals surface area contributed by atoms with Gasteiger partial charge in [0.25, 0.3) is 0 Å². The van der Waals surface area contributed by atoms with Gasteiger partial charge in [0.15, 0.2) is 0 Å². The Morgan fingerprint density at radius 3 is 2.92 bits per heavy atom. The zero-order valence-electron chi connectivity index (χ0n) is 14.0. The molecule has 0 radical (unpaired) electrons. The Balaban J connectivity index is 1.60. The molecule has 3 rings (SSSR count). The van der Waals surface area contributed by atoms with Crippen molar-refractivity contribution in [1.82, 2.24) is 10.3 Å². The van der Waals surface area contributed by atoms with Gasteiger partial charge in [0.05, 0.1) is 12.8 Å². The molecule has 0 spiro atoms. The van der Waals surface area contributed by atoms with Gasteiger partial charge in [-0.25, -0.2) is 9.78 Å². The van der Waals surface area contributed by atoms with Gasteiger partial charge in [-0.2, -0.15) is 0 Å². The number of urea groups is 1. The standard InChI is InChI=1S/C18H20N4O3/c1-25-15-6-3-2-5-14(15)21-18(24)20-12-13-8-9-19-16(11-13)22-10-4-7-17(22)23/h2-3,5-6,8-9,11H,4,7,10,12H2,1H3,(H2,20,21,24). The maximum atomic E-state index is 12.1. The second-order valence-electron chi connectivity index (χ2n) is 5.68. The van der Waals surface area contributed by atoms with E-state index in [1.54, 1.807) is 30.3 Å². The van der Waals surface area contributed by atoms with Gasteiger partial charge in [0.1, 0.15) is 11.6 Å². The van der Waals surface area contributed by atoms with Gasteiger partial charge < -0.3 is 15.4 Å². The van der Waals surface area contributed by atoms with Crippen LogP contribution < -0.4 is 20.3 Å². The van der Waals surface area contributed by atoms with Crippen molar-refractivity contribution >= 4 is 23.4 Å².